The topological polar surface area (TPSA) is 141 Å². The number of aliphatic hydroxyl groups is 4. The van der Waals surface area contributed by atoms with Crippen molar-refractivity contribution in [1.29, 1.82) is 0 Å². The van der Waals surface area contributed by atoms with E-state index < -0.39 is 42.8 Å². The molecule has 3 rings (SSSR count). The van der Waals surface area contributed by atoms with Gasteiger partial charge in [-0.2, -0.15) is 0 Å². The van der Waals surface area contributed by atoms with Crippen molar-refractivity contribution in [2.24, 2.45) is 0 Å². The van der Waals surface area contributed by atoms with Gasteiger partial charge >= 0.3 is 5.63 Å². The third-order valence-corrected chi connectivity index (χ3v) is 3.97. The van der Waals surface area contributed by atoms with Gasteiger partial charge in [0.1, 0.15) is 41.9 Å². The molecular formula is C15H16O8. The van der Waals surface area contributed by atoms with Crippen molar-refractivity contribution in [2.45, 2.75) is 30.5 Å². The highest BCUT2D eigenvalue weighted by molar-refractivity contribution is 5.79. The first-order valence-electron chi connectivity index (χ1n) is 6.99. The van der Waals surface area contributed by atoms with E-state index >= 15 is 0 Å². The van der Waals surface area contributed by atoms with E-state index in [9.17, 15) is 30.3 Å². The molecule has 1 saturated heterocycles. The van der Waals surface area contributed by atoms with Gasteiger partial charge in [-0.05, 0) is 12.1 Å². The molecule has 0 saturated carbocycles. The SMILES string of the molecule is O=c1ccc2cc([C@@H]3O[C@H](CO)[C@@H](O)[C@H](O)[C@H]3O)c(O)cc2o1. The number of fused-ring (bicyclic) bond motifs is 1. The van der Waals surface area contributed by atoms with E-state index in [1.807, 2.05) is 0 Å². The zero-order valence-corrected chi connectivity index (χ0v) is 11.9. The second kappa shape index (κ2) is 5.91. The summed E-state index contributed by atoms with van der Waals surface area (Å²) >= 11 is 0. The first kappa shape index (κ1) is 15.9. The largest absolute Gasteiger partial charge is 0.507 e. The zero-order valence-electron chi connectivity index (χ0n) is 11.9. The third-order valence-electron chi connectivity index (χ3n) is 3.97. The average molecular weight is 324 g/mol. The van der Waals surface area contributed by atoms with Crippen LogP contribution in [0.1, 0.15) is 11.7 Å². The minimum absolute atomic E-state index is 0.142. The lowest BCUT2D eigenvalue weighted by Crippen LogP contribution is -2.55. The van der Waals surface area contributed by atoms with E-state index in [-0.39, 0.29) is 16.9 Å². The number of phenols is 1. The van der Waals surface area contributed by atoms with Crippen LogP contribution in [0.5, 0.6) is 5.75 Å². The summed E-state index contributed by atoms with van der Waals surface area (Å²) in [7, 11) is 0. The third kappa shape index (κ3) is 2.71. The van der Waals surface area contributed by atoms with Gasteiger partial charge in [-0.1, -0.05) is 0 Å². The van der Waals surface area contributed by atoms with Gasteiger partial charge in [-0.15, -0.1) is 0 Å². The van der Waals surface area contributed by atoms with Crippen LogP contribution in [0.2, 0.25) is 0 Å². The average Bonchev–Trinajstić information content (AvgIpc) is 2.53. The second-order valence-corrected chi connectivity index (χ2v) is 5.45. The molecule has 8 heteroatoms. The molecule has 23 heavy (non-hydrogen) atoms. The predicted molar refractivity (Wildman–Crippen MR) is 76.9 cm³/mol. The molecule has 1 aliphatic rings. The van der Waals surface area contributed by atoms with Crippen LogP contribution in [0.3, 0.4) is 0 Å². The molecule has 8 nitrogen and oxygen atoms in total. The van der Waals surface area contributed by atoms with Crippen molar-refractivity contribution < 1.29 is 34.7 Å². The molecule has 1 aromatic carbocycles. The van der Waals surface area contributed by atoms with E-state index in [1.54, 1.807) is 0 Å². The normalized spacial score (nSPS) is 31.4. The summed E-state index contributed by atoms with van der Waals surface area (Å²) in [4.78, 5) is 11.2. The van der Waals surface area contributed by atoms with Gasteiger partial charge in [0.15, 0.2) is 0 Å². The molecule has 5 N–H and O–H groups in total. The minimum atomic E-state index is -1.55. The number of aliphatic hydroxyl groups excluding tert-OH is 4. The van der Waals surface area contributed by atoms with Gasteiger partial charge in [-0.25, -0.2) is 4.79 Å². The quantitative estimate of drug-likeness (QED) is 0.444. The van der Waals surface area contributed by atoms with Crippen LogP contribution in [0.15, 0.2) is 33.5 Å². The second-order valence-electron chi connectivity index (χ2n) is 5.45. The zero-order chi connectivity index (χ0) is 16.7. The Kier molecular flexibility index (Phi) is 4.09. The monoisotopic (exact) mass is 324 g/mol. The number of rotatable bonds is 2. The molecule has 0 radical (unpaired) electrons. The van der Waals surface area contributed by atoms with E-state index in [0.29, 0.717) is 5.39 Å². The standard InChI is InChI=1S/C15H16O8/c16-5-10-12(19)13(20)14(21)15(23-10)7-3-6-1-2-11(18)22-9(6)4-8(7)17/h1-4,10,12-17,19-21H,5H2/t10-,12-,13+,14-,15+/m1/s1. The summed E-state index contributed by atoms with van der Waals surface area (Å²) in [5.74, 6) is -0.309. The molecular weight excluding hydrogens is 308 g/mol. The van der Waals surface area contributed by atoms with Gasteiger partial charge in [-0.3, -0.25) is 0 Å². The molecule has 0 unspecified atom stereocenters. The lowest BCUT2D eigenvalue weighted by atomic mass is 9.90. The highest BCUT2D eigenvalue weighted by Gasteiger charge is 2.44. The van der Waals surface area contributed by atoms with Crippen LogP contribution in [0.4, 0.5) is 0 Å². The van der Waals surface area contributed by atoms with Crippen molar-refractivity contribution >= 4 is 11.0 Å². The fourth-order valence-corrected chi connectivity index (χ4v) is 2.71. The highest BCUT2D eigenvalue weighted by Crippen LogP contribution is 2.38. The molecule has 0 bridgehead atoms. The number of hydrogen-bond donors (Lipinski definition) is 5. The predicted octanol–water partition coefficient (Wildman–Crippen LogP) is -0.987. The molecule has 0 amide bonds. The Morgan fingerprint density at radius 2 is 1.78 bits per heavy atom. The maximum absolute atomic E-state index is 11.2. The summed E-state index contributed by atoms with van der Waals surface area (Å²) in [6.07, 6.45) is -6.78. The fraction of sp³-hybridized carbons (Fsp3) is 0.400. The summed E-state index contributed by atoms with van der Waals surface area (Å²) < 4.78 is 10.4. The van der Waals surface area contributed by atoms with E-state index in [2.05, 4.69) is 0 Å². The van der Waals surface area contributed by atoms with Gasteiger partial charge < -0.3 is 34.7 Å². The van der Waals surface area contributed by atoms with Crippen LogP contribution in [-0.4, -0.2) is 56.6 Å². The fourth-order valence-electron chi connectivity index (χ4n) is 2.71. The number of phenolic OH excluding ortho intramolecular Hbond substituents is 1. The minimum Gasteiger partial charge on any atom is -0.507 e. The first-order valence-corrected chi connectivity index (χ1v) is 6.99. The van der Waals surface area contributed by atoms with E-state index in [0.717, 1.165) is 0 Å². The smallest absolute Gasteiger partial charge is 0.336 e. The van der Waals surface area contributed by atoms with Crippen LogP contribution < -0.4 is 5.63 Å². The van der Waals surface area contributed by atoms with Crippen molar-refractivity contribution in [3.8, 4) is 5.75 Å². The Labute approximate surface area is 129 Å². The summed E-state index contributed by atoms with van der Waals surface area (Å²) in [6, 6.07) is 5.33. The lowest BCUT2D eigenvalue weighted by molar-refractivity contribution is -0.232. The van der Waals surface area contributed by atoms with Gasteiger partial charge in [0, 0.05) is 23.1 Å². The maximum Gasteiger partial charge on any atom is 0.336 e. The molecule has 2 heterocycles. The Morgan fingerprint density at radius 3 is 2.48 bits per heavy atom. The lowest BCUT2D eigenvalue weighted by Gasteiger charge is -2.40. The Morgan fingerprint density at radius 1 is 1.04 bits per heavy atom. The van der Waals surface area contributed by atoms with Gasteiger partial charge in [0.25, 0.3) is 0 Å². The number of ether oxygens (including phenoxy) is 1. The van der Waals surface area contributed by atoms with Crippen LogP contribution in [0.25, 0.3) is 11.0 Å². The Bertz CT molecular complexity index is 768. The Hall–Kier alpha value is -1.97. The summed E-state index contributed by atoms with van der Waals surface area (Å²) in [5.41, 5.74) is -0.274. The van der Waals surface area contributed by atoms with Crippen molar-refractivity contribution in [1.82, 2.24) is 0 Å². The molecule has 124 valence electrons. The number of hydrogen-bond acceptors (Lipinski definition) is 8. The molecule has 0 aliphatic carbocycles. The first-order chi connectivity index (χ1) is 10.9. The molecule has 5 atom stereocenters. The van der Waals surface area contributed by atoms with Crippen LogP contribution >= 0.6 is 0 Å². The number of aromatic hydroxyl groups is 1. The molecule has 2 aromatic rings. The van der Waals surface area contributed by atoms with Crippen LogP contribution in [0, 0.1) is 0 Å². The molecule has 1 aromatic heterocycles. The highest BCUT2D eigenvalue weighted by atomic mass is 16.5. The summed E-state index contributed by atoms with van der Waals surface area (Å²) in [5, 5.41) is 49.6. The molecule has 1 aliphatic heterocycles. The maximum atomic E-state index is 11.2. The van der Waals surface area contributed by atoms with E-state index in [4.69, 9.17) is 9.15 Å². The van der Waals surface area contributed by atoms with Crippen molar-refractivity contribution in [3.63, 3.8) is 0 Å². The molecule has 1 fully saturated rings. The van der Waals surface area contributed by atoms with E-state index in [1.165, 1.54) is 24.3 Å². The number of benzene rings is 1. The van der Waals surface area contributed by atoms with Crippen LogP contribution in [-0.2, 0) is 4.74 Å². The van der Waals surface area contributed by atoms with Gasteiger partial charge in [0.05, 0.1) is 6.61 Å². The van der Waals surface area contributed by atoms with Gasteiger partial charge in [0.2, 0.25) is 0 Å². The van der Waals surface area contributed by atoms with Crippen molar-refractivity contribution in [3.05, 3.63) is 40.2 Å². The summed E-state index contributed by atoms with van der Waals surface area (Å²) in [6.45, 7) is -0.565. The molecule has 0 spiro atoms. The Balaban J connectivity index is 2.06. The van der Waals surface area contributed by atoms with Crippen molar-refractivity contribution in [2.75, 3.05) is 6.61 Å².